The topological polar surface area (TPSA) is 35.5 Å². The lowest BCUT2D eigenvalue weighted by atomic mass is 10.1. The summed E-state index contributed by atoms with van der Waals surface area (Å²) in [5.74, 6) is -0.414. The number of carbonyl (C=O) groups excluding carboxylic acids is 1. The van der Waals surface area contributed by atoms with E-state index in [0.717, 1.165) is 20.1 Å². The Morgan fingerprint density at radius 2 is 2.17 bits per heavy atom. The average molecular weight is 327 g/mol. The molecule has 0 saturated heterocycles. The van der Waals surface area contributed by atoms with E-state index in [9.17, 15) is 4.79 Å². The Morgan fingerprint density at radius 3 is 2.83 bits per heavy atom. The summed E-state index contributed by atoms with van der Waals surface area (Å²) >= 11 is 5.13. The number of benzene rings is 1. The summed E-state index contributed by atoms with van der Waals surface area (Å²) < 4.78 is 11.9. The second-order valence-corrected chi connectivity index (χ2v) is 5.32. The fraction of sp³-hybridized carbons (Fsp3) is 0.154. The van der Waals surface area contributed by atoms with E-state index in [1.165, 1.54) is 20.5 Å². The third-order valence-electron chi connectivity index (χ3n) is 2.48. The molecule has 18 heavy (non-hydrogen) atoms. The number of thiophene rings is 1. The maximum atomic E-state index is 11.7. The Bertz CT molecular complexity index is 616. The highest BCUT2D eigenvalue weighted by atomic mass is 79.9. The van der Waals surface area contributed by atoms with Gasteiger partial charge in [0.2, 0.25) is 0 Å². The molecule has 0 atom stereocenters. The van der Waals surface area contributed by atoms with Crippen LogP contribution in [0.15, 0.2) is 34.3 Å². The Hall–Kier alpha value is -1.33. The van der Waals surface area contributed by atoms with Gasteiger partial charge < -0.3 is 9.47 Å². The molecule has 1 aromatic carbocycles. The predicted octanol–water partition coefficient (Wildman–Crippen LogP) is 3.82. The lowest BCUT2D eigenvalue weighted by Crippen LogP contribution is -2.04. The van der Waals surface area contributed by atoms with Gasteiger partial charge in [-0.25, -0.2) is 4.79 Å². The molecule has 0 aliphatic carbocycles. The largest absolute Gasteiger partial charge is 0.503 e. The van der Waals surface area contributed by atoms with Crippen molar-refractivity contribution in [3.63, 3.8) is 0 Å². The molecule has 1 aromatic heterocycles. The lowest BCUT2D eigenvalue weighted by molar-refractivity contribution is -0.133. The minimum Gasteiger partial charge on any atom is -0.503 e. The minimum absolute atomic E-state index is 0.403. The Balaban J connectivity index is 2.54. The van der Waals surface area contributed by atoms with Crippen LogP contribution in [0.4, 0.5) is 0 Å². The average Bonchev–Trinajstić information content (AvgIpc) is 2.76. The van der Waals surface area contributed by atoms with Crippen molar-refractivity contribution in [3.05, 3.63) is 39.9 Å². The van der Waals surface area contributed by atoms with Crippen LogP contribution in [0.25, 0.3) is 15.7 Å². The zero-order valence-corrected chi connectivity index (χ0v) is 12.3. The van der Waals surface area contributed by atoms with E-state index in [0.29, 0.717) is 5.57 Å². The number of fused-ring (bicyclic) bond motifs is 1. The third-order valence-corrected chi connectivity index (χ3v) is 4.40. The second kappa shape index (κ2) is 5.54. The highest BCUT2D eigenvalue weighted by molar-refractivity contribution is 9.10. The van der Waals surface area contributed by atoms with Crippen molar-refractivity contribution in [1.29, 1.82) is 0 Å². The molecule has 0 aliphatic rings. The number of hydrogen-bond donors (Lipinski definition) is 0. The molecule has 0 N–H and O–H groups in total. The molecule has 94 valence electrons. The summed E-state index contributed by atoms with van der Waals surface area (Å²) in [5, 5.41) is 3.09. The first kappa shape index (κ1) is 13.1. The van der Waals surface area contributed by atoms with Crippen LogP contribution in [0.2, 0.25) is 0 Å². The second-order valence-electron chi connectivity index (χ2n) is 3.55. The van der Waals surface area contributed by atoms with Gasteiger partial charge in [0.15, 0.2) is 0 Å². The van der Waals surface area contributed by atoms with E-state index in [4.69, 9.17) is 9.47 Å². The van der Waals surface area contributed by atoms with Gasteiger partial charge >= 0.3 is 5.97 Å². The molecule has 0 spiro atoms. The maximum absolute atomic E-state index is 11.7. The molecule has 0 bridgehead atoms. The van der Waals surface area contributed by atoms with Crippen molar-refractivity contribution in [3.8, 4) is 0 Å². The van der Waals surface area contributed by atoms with Gasteiger partial charge in [-0.2, -0.15) is 0 Å². The van der Waals surface area contributed by atoms with E-state index >= 15 is 0 Å². The van der Waals surface area contributed by atoms with Crippen LogP contribution in [0.5, 0.6) is 0 Å². The van der Waals surface area contributed by atoms with Crippen LogP contribution in [0.3, 0.4) is 0 Å². The van der Waals surface area contributed by atoms with E-state index in [1.54, 1.807) is 11.3 Å². The zero-order chi connectivity index (χ0) is 13.1. The van der Waals surface area contributed by atoms with Crippen LogP contribution in [-0.4, -0.2) is 20.2 Å². The first-order valence-corrected chi connectivity index (χ1v) is 6.83. The van der Waals surface area contributed by atoms with Gasteiger partial charge in [0.25, 0.3) is 0 Å². The zero-order valence-electron chi connectivity index (χ0n) is 9.90. The van der Waals surface area contributed by atoms with E-state index in [1.807, 2.05) is 23.6 Å². The van der Waals surface area contributed by atoms with Crippen LogP contribution in [0.1, 0.15) is 5.56 Å². The van der Waals surface area contributed by atoms with Crippen LogP contribution in [-0.2, 0) is 14.3 Å². The van der Waals surface area contributed by atoms with Crippen molar-refractivity contribution in [2.45, 2.75) is 0 Å². The van der Waals surface area contributed by atoms with Crippen LogP contribution >= 0.6 is 27.3 Å². The number of ether oxygens (including phenoxy) is 2. The van der Waals surface area contributed by atoms with Crippen molar-refractivity contribution >= 4 is 48.9 Å². The van der Waals surface area contributed by atoms with Gasteiger partial charge in [0.05, 0.1) is 20.5 Å². The fourth-order valence-corrected chi connectivity index (χ4v) is 3.17. The fourth-order valence-electron chi connectivity index (χ4n) is 1.63. The van der Waals surface area contributed by atoms with Gasteiger partial charge in [-0.3, -0.25) is 0 Å². The molecule has 0 fully saturated rings. The number of halogens is 1. The highest BCUT2D eigenvalue weighted by Gasteiger charge is 2.14. The van der Waals surface area contributed by atoms with Gasteiger partial charge in [-0.15, -0.1) is 11.3 Å². The van der Waals surface area contributed by atoms with E-state index < -0.39 is 5.97 Å². The summed E-state index contributed by atoms with van der Waals surface area (Å²) in [5.41, 5.74) is 1.18. The van der Waals surface area contributed by atoms with Gasteiger partial charge in [-0.05, 0) is 33.6 Å². The van der Waals surface area contributed by atoms with Crippen molar-refractivity contribution < 1.29 is 14.3 Å². The highest BCUT2D eigenvalue weighted by Crippen LogP contribution is 2.32. The molecule has 2 aromatic rings. The molecule has 0 unspecified atom stereocenters. The lowest BCUT2D eigenvalue weighted by Gasteiger charge is -2.05. The van der Waals surface area contributed by atoms with Crippen LogP contribution < -0.4 is 0 Å². The van der Waals surface area contributed by atoms with Crippen molar-refractivity contribution in [2.24, 2.45) is 0 Å². The smallest absolute Gasteiger partial charge is 0.341 e. The monoisotopic (exact) mass is 326 g/mol. The standard InChI is InChI=1S/C13H11BrO3S/c1-16-6-10(13(15)17-2)8-3-4-12-9(5-8)11(14)7-18-12/h3-7H,1-2H3/b10-6+. The number of carbonyl (C=O) groups is 1. The van der Waals surface area contributed by atoms with Gasteiger partial charge in [0.1, 0.15) is 5.57 Å². The number of rotatable bonds is 3. The van der Waals surface area contributed by atoms with Crippen LogP contribution in [0, 0.1) is 0 Å². The summed E-state index contributed by atoms with van der Waals surface area (Å²) in [6.07, 6.45) is 1.40. The molecule has 1 heterocycles. The molecule has 3 nitrogen and oxygen atoms in total. The molecule has 0 aliphatic heterocycles. The Morgan fingerprint density at radius 1 is 1.39 bits per heavy atom. The molecule has 0 saturated carbocycles. The van der Waals surface area contributed by atoms with E-state index in [-0.39, 0.29) is 0 Å². The summed E-state index contributed by atoms with van der Waals surface area (Å²) in [7, 11) is 2.85. The molecule has 5 heteroatoms. The Kier molecular flexibility index (Phi) is 4.04. The normalized spacial score (nSPS) is 11.6. The molecule has 2 rings (SSSR count). The first-order valence-electron chi connectivity index (χ1n) is 5.15. The SMILES string of the molecule is CO/C=C(/C(=O)OC)c1ccc2scc(Br)c2c1. The molecular weight excluding hydrogens is 316 g/mol. The minimum atomic E-state index is -0.414. The quantitative estimate of drug-likeness (QED) is 0.488. The molecular formula is C13H11BrO3S. The molecule has 0 radical (unpaired) electrons. The van der Waals surface area contributed by atoms with Gasteiger partial charge in [-0.1, -0.05) is 6.07 Å². The van der Waals surface area contributed by atoms with Gasteiger partial charge in [0, 0.05) is 19.9 Å². The number of hydrogen-bond acceptors (Lipinski definition) is 4. The Labute approximate surface area is 117 Å². The summed E-state index contributed by atoms with van der Waals surface area (Å²) in [4.78, 5) is 11.7. The third kappa shape index (κ3) is 2.42. The number of methoxy groups -OCH3 is 2. The molecule has 0 amide bonds. The summed E-state index contributed by atoms with van der Waals surface area (Å²) in [6.45, 7) is 0. The van der Waals surface area contributed by atoms with E-state index in [2.05, 4.69) is 15.9 Å². The maximum Gasteiger partial charge on any atom is 0.341 e. The first-order chi connectivity index (χ1) is 8.67. The summed E-state index contributed by atoms with van der Waals surface area (Å²) in [6, 6.07) is 5.80. The predicted molar refractivity (Wildman–Crippen MR) is 76.5 cm³/mol. The number of esters is 1. The van der Waals surface area contributed by atoms with Crippen molar-refractivity contribution in [2.75, 3.05) is 14.2 Å². The van der Waals surface area contributed by atoms with Crippen molar-refractivity contribution in [1.82, 2.24) is 0 Å².